The number of benzene rings is 2. The van der Waals surface area contributed by atoms with Crippen LogP contribution >= 0.6 is 11.6 Å². The van der Waals surface area contributed by atoms with Gasteiger partial charge in [0.25, 0.3) is 0 Å². The highest BCUT2D eigenvalue weighted by molar-refractivity contribution is 6.31. The van der Waals surface area contributed by atoms with Gasteiger partial charge >= 0.3 is 0 Å². The molecule has 0 aromatic heterocycles. The summed E-state index contributed by atoms with van der Waals surface area (Å²) < 4.78 is 5.81. The SMILES string of the molecule is OCCCCNCc1cccc(OCc2ccccc2Cl)c1. The standard InChI is InChI=1S/C18H22ClNO2/c19-18-9-2-1-7-16(18)14-22-17-8-5-6-15(12-17)13-20-10-3-4-11-21/h1-2,5-9,12,20-21H,3-4,10-11,13-14H2. The van der Waals surface area contributed by atoms with E-state index in [0.717, 1.165) is 42.3 Å². The molecule has 0 bridgehead atoms. The van der Waals surface area contributed by atoms with Crippen LogP contribution in [0.1, 0.15) is 24.0 Å². The molecule has 2 N–H and O–H groups in total. The molecular weight excluding hydrogens is 298 g/mol. The van der Waals surface area contributed by atoms with E-state index in [1.165, 1.54) is 5.56 Å². The molecule has 118 valence electrons. The summed E-state index contributed by atoms with van der Waals surface area (Å²) in [4.78, 5) is 0. The van der Waals surface area contributed by atoms with Crippen molar-refractivity contribution in [2.24, 2.45) is 0 Å². The van der Waals surface area contributed by atoms with E-state index in [1.807, 2.05) is 42.5 Å². The molecule has 0 spiro atoms. The van der Waals surface area contributed by atoms with Crippen molar-refractivity contribution in [1.29, 1.82) is 0 Å². The van der Waals surface area contributed by atoms with E-state index in [9.17, 15) is 0 Å². The monoisotopic (exact) mass is 319 g/mol. The van der Waals surface area contributed by atoms with Gasteiger partial charge in [0, 0.05) is 23.7 Å². The summed E-state index contributed by atoms with van der Waals surface area (Å²) in [6.07, 6.45) is 1.83. The Hall–Kier alpha value is -1.55. The lowest BCUT2D eigenvalue weighted by Gasteiger charge is -2.10. The second-order valence-electron chi connectivity index (χ2n) is 5.13. The molecule has 0 aliphatic carbocycles. The van der Waals surface area contributed by atoms with Gasteiger partial charge in [-0.1, -0.05) is 41.9 Å². The number of aliphatic hydroxyl groups is 1. The Bertz CT molecular complexity index is 575. The van der Waals surface area contributed by atoms with E-state index in [1.54, 1.807) is 0 Å². The van der Waals surface area contributed by atoms with Crippen molar-refractivity contribution in [3.05, 3.63) is 64.7 Å². The largest absolute Gasteiger partial charge is 0.489 e. The lowest BCUT2D eigenvalue weighted by atomic mass is 10.2. The Morgan fingerprint density at radius 2 is 1.91 bits per heavy atom. The van der Waals surface area contributed by atoms with Crippen LogP contribution in [0.15, 0.2) is 48.5 Å². The van der Waals surface area contributed by atoms with Gasteiger partial charge in [-0.2, -0.15) is 0 Å². The first-order chi connectivity index (χ1) is 10.8. The van der Waals surface area contributed by atoms with Crippen molar-refractivity contribution in [2.45, 2.75) is 26.0 Å². The first-order valence-corrected chi connectivity index (χ1v) is 7.94. The molecule has 2 rings (SSSR count). The molecule has 3 nitrogen and oxygen atoms in total. The fourth-order valence-electron chi connectivity index (χ4n) is 2.12. The first kappa shape index (κ1) is 16.8. The topological polar surface area (TPSA) is 41.5 Å². The van der Waals surface area contributed by atoms with Crippen LogP contribution < -0.4 is 10.1 Å². The van der Waals surface area contributed by atoms with E-state index >= 15 is 0 Å². The van der Waals surface area contributed by atoms with Crippen LogP contribution in [0, 0.1) is 0 Å². The maximum absolute atomic E-state index is 8.74. The van der Waals surface area contributed by atoms with Crippen LogP contribution in [0.2, 0.25) is 5.02 Å². The van der Waals surface area contributed by atoms with Crippen LogP contribution in [0.25, 0.3) is 0 Å². The highest BCUT2D eigenvalue weighted by Crippen LogP contribution is 2.19. The van der Waals surface area contributed by atoms with Gasteiger partial charge in [0.2, 0.25) is 0 Å². The summed E-state index contributed by atoms with van der Waals surface area (Å²) in [7, 11) is 0. The Morgan fingerprint density at radius 1 is 1.05 bits per heavy atom. The van der Waals surface area contributed by atoms with E-state index in [4.69, 9.17) is 21.4 Å². The molecule has 0 atom stereocenters. The Morgan fingerprint density at radius 3 is 2.73 bits per heavy atom. The number of ether oxygens (including phenoxy) is 1. The van der Waals surface area contributed by atoms with Crippen LogP contribution in [0.5, 0.6) is 5.75 Å². The van der Waals surface area contributed by atoms with E-state index in [-0.39, 0.29) is 6.61 Å². The normalized spacial score (nSPS) is 10.6. The molecule has 0 saturated carbocycles. The molecular formula is C18H22ClNO2. The second-order valence-corrected chi connectivity index (χ2v) is 5.54. The third kappa shape index (κ3) is 5.68. The number of halogens is 1. The fraction of sp³-hybridized carbons (Fsp3) is 0.333. The molecule has 0 unspecified atom stereocenters. The van der Waals surface area contributed by atoms with Gasteiger partial charge < -0.3 is 15.2 Å². The zero-order valence-corrected chi connectivity index (χ0v) is 13.4. The van der Waals surface area contributed by atoms with Crippen molar-refractivity contribution in [2.75, 3.05) is 13.2 Å². The van der Waals surface area contributed by atoms with Crippen molar-refractivity contribution in [3.63, 3.8) is 0 Å². The summed E-state index contributed by atoms with van der Waals surface area (Å²) >= 11 is 6.12. The average Bonchev–Trinajstić information content (AvgIpc) is 2.54. The second kappa shape index (κ2) is 9.46. The zero-order chi connectivity index (χ0) is 15.6. The van der Waals surface area contributed by atoms with Gasteiger partial charge in [-0.15, -0.1) is 0 Å². The van der Waals surface area contributed by atoms with Gasteiger partial charge in [-0.25, -0.2) is 0 Å². The summed E-state index contributed by atoms with van der Waals surface area (Å²) in [5.74, 6) is 0.842. The van der Waals surface area contributed by atoms with Gasteiger partial charge in [-0.05, 0) is 43.1 Å². The summed E-state index contributed by atoms with van der Waals surface area (Å²) in [6, 6.07) is 15.8. The molecule has 0 amide bonds. The van der Waals surface area contributed by atoms with Crippen molar-refractivity contribution in [3.8, 4) is 5.75 Å². The highest BCUT2D eigenvalue weighted by atomic mass is 35.5. The average molecular weight is 320 g/mol. The predicted octanol–water partition coefficient (Wildman–Crippen LogP) is 3.78. The smallest absolute Gasteiger partial charge is 0.120 e. The van der Waals surface area contributed by atoms with Gasteiger partial charge in [0.1, 0.15) is 12.4 Å². The zero-order valence-electron chi connectivity index (χ0n) is 12.6. The van der Waals surface area contributed by atoms with Crippen molar-refractivity contribution >= 4 is 11.6 Å². The molecule has 0 saturated heterocycles. The third-order valence-corrected chi connectivity index (χ3v) is 3.71. The lowest BCUT2D eigenvalue weighted by molar-refractivity contribution is 0.283. The Labute approximate surface area is 136 Å². The van der Waals surface area contributed by atoms with Gasteiger partial charge in [-0.3, -0.25) is 0 Å². The molecule has 0 aliphatic heterocycles. The molecule has 0 heterocycles. The summed E-state index contributed by atoms with van der Waals surface area (Å²) in [6.45, 7) is 2.43. The maximum atomic E-state index is 8.74. The van der Waals surface area contributed by atoms with Crippen LogP contribution in [0.4, 0.5) is 0 Å². The predicted molar refractivity (Wildman–Crippen MR) is 90.3 cm³/mol. The van der Waals surface area contributed by atoms with Crippen molar-refractivity contribution < 1.29 is 9.84 Å². The van der Waals surface area contributed by atoms with E-state index < -0.39 is 0 Å². The number of unbranched alkanes of at least 4 members (excludes halogenated alkanes) is 1. The molecule has 0 radical (unpaired) electrons. The van der Waals surface area contributed by atoms with Crippen molar-refractivity contribution in [1.82, 2.24) is 5.32 Å². The Kier molecular flexibility index (Phi) is 7.23. The Balaban J connectivity index is 1.82. The van der Waals surface area contributed by atoms with E-state index in [2.05, 4.69) is 11.4 Å². The fourth-order valence-corrected chi connectivity index (χ4v) is 2.31. The van der Waals surface area contributed by atoms with Gasteiger partial charge in [0.05, 0.1) is 0 Å². The van der Waals surface area contributed by atoms with Crippen LogP contribution in [0.3, 0.4) is 0 Å². The number of rotatable bonds is 9. The lowest BCUT2D eigenvalue weighted by Crippen LogP contribution is -2.15. The molecule has 0 aliphatic rings. The molecule has 4 heteroatoms. The number of hydrogen-bond donors (Lipinski definition) is 2. The minimum Gasteiger partial charge on any atom is -0.489 e. The molecule has 22 heavy (non-hydrogen) atoms. The van der Waals surface area contributed by atoms with E-state index in [0.29, 0.717) is 6.61 Å². The number of nitrogens with one attached hydrogen (secondary N) is 1. The van der Waals surface area contributed by atoms with Crippen LogP contribution in [-0.2, 0) is 13.2 Å². The number of aliphatic hydroxyl groups excluding tert-OH is 1. The third-order valence-electron chi connectivity index (χ3n) is 3.34. The highest BCUT2D eigenvalue weighted by Gasteiger charge is 2.01. The minimum absolute atomic E-state index is 0.257. The molecule has 0 fully saturated rings. The minimum atomic E-state index is 0.257. The summed E-state index contributed by atoms with van der Waals surface area (Å²) in [5.41, 5.74) is 2.16. The quantitative estimate of drug-likeness (QED) is 0.691. The summed E-state index contributed by atoms with van der Waals surface area (Å²) in [5, 5.41) is 12.8. The molecule has 2 aromatic rings. The first-order valence-electron chi connectivity index (χ1n) is 7.56. The molecule has 2 aromatic carbocycles. The number of hydrogen-bond acceptors (Lipinski definition) is 3. The maximum Gasteiger partial charge on any atom is 0.120 e. The van der Waals surface area contributed by atoms with Gasteiger partial charge in [0.15, 0.2) is 0 Å². The van der Waals surface area contributed by atoms with Crippen LogP contribution in [-0.4, -0.2) is 18.3 Å².